The normalized spacial score (nSPS) is 13.9. The zero-order chi connectivity index (χ0) is 13.0. The van der Waals surface area contributed by atoms with E-state index in [9.17, 15) is 0 Å². The van der Waals surface area contributed by atoms with E-state index in [4.69, 9.17) is 0 Å². The maximum atomic E-state index is 2.72. The van der Waals surface area contributed by atoms with Gasteiger partial charge in [-0.2, -0.15) is 0 Å². The molecule has 0 rings (SSSR count). The fraction of sp³-hybridized carbons (Fsp3) is 1.00. The van der Waals surface area contributed by atoms with Crippen molar-refractivity contribution in [3.63, 3.8) is 0 Å². The Kier molecular flexibility index (Phi) is 6.23. The monoisotopic (exact) mass is 244 g/mol. The number of hydrogen-bond acceptors (Lipinski definition) is 2. The minimum absolute atomic E-state index is 0.394. The summed E-state index contributed by atoms with van der Waals surface area (Å²) in [7, 11) is -1.54. The number of rotatable bonds is 6. The first-order chi connectivity index (χ1) is 7.29. The van der Waals surface area contributed by atoms with Crippen LogP contribution in [-0.2, 0) is 0 Å². The third kappa shape index (κ3) is 2.87. The van der Waals surface area contributed by atoms with Crippen molar-refractivity contribution >= 4 is 8.40 Å². The molecule has 0 aromatic carbocycles. The lowest BCUT2D eigenvalue weighted by atomic mass is 10.2. The molecular formula is C13H32N2Si. The van der Waals surface area contributed by atoms with Crippen molar-refractivity contribution in [2.24, 2.45) is 0 Å². The summed E-state index contributed by atoms with van der Waals surface area (Å²) in [5, 5.41) is 0.394. The van der Waals surface area contributed by atoms with E-state index in [-0.39, 0.29) is 0 Å². The average Bonchev–Trinajstić information content (AvgIpc) is 2.19. The lowest BCUT2D eigenvalue weighted by Crippen LogP contribution is -2.68. The van der Waals surface area contributed by atoms with E-state index in [1.165, 1.54) is 26.2 Å². The Morgan fingerprint density at radius 3 is 1.12 bits per heavy atom. The van der Waals surface area contributed by atoms with Gasteiger partial charge in [0.05, 0.1) is 0 Å². The summed E-state index contributed by atoms with van der Waals surface area (Å²) in [4.78, 5) is 0. The molecule has 0 saturated heterocycles. The maximum Gasteiger partial charge on any atom is 0.209 e. The van der Waals surface area contributed by atoms with Crippen LogP contribution < -0.4 is 0 Å². The fourth-order valence-electron chi connectivity index (χ4n) is 2.83. The molecule has 0 atom stereocenters. The van der Waals surface area contributed by atoms with E-state index in [1.54, 1.807) is 0 Å². The van der Waals surface area contributed by atoms with E-state index >= 15 is 0 Å². The Balaban J connectivity index is 5.33. The van der Waals surface area contributed by atoms with Gasteiger partial charge in [0, 0.05) is 0 Å². The summed E-state index contributed by atoms with van der Waals surface area (Å²) in [6.07, 6.45) is 0. The molecule has 0 aromatic heterocycles. The van der Waals surface area contributed by atoms with Gasteiger partial charge in [-0.3, -0.25) is 0 Å². The van der Waals surface area contributed by atoms with Crippen molar-refractivity contribution in [3.8, 4) is 0 Å². The van der Waals surface area contributed by atoms with Crippen LogP contribution in [-0.4, -0.2) is 43.7 Å². The van der Waals surface area contributed by atoms with Crippen molar-refractivity contribution in [1.29, 1.82) is 0 Å². The molecule has 0 aliphatic carbocycles. The van der Waals surface area contributed by atoms with Gasteiger partial charge in [-0.25, -0.2) is 0 Å². The summed E-state index contributed by atoms with van der Waals surface area (Å²) in [6, 6.07) is 0. The van der Waals surface area contributed by atoms with Crippen LogP contribution >= 0.6 is 0 Å². The highest BCUT2D eigenvalue weighted by Crippen LogP contribution is 2.40. The van der Waals surface area contributed by atoms with E-state index in [2.05, 4.69) is 64.1 Å². The van der Waals surface area contributed by atoms with Gasteiger partial charge in [-0.1, -0.05) is 48.5 Å². The molecule has 0 aliphatic heterocycles. The smallest absolute Gasteiger partial charge is 0.209 e. The van der Waals surface area contributed by atoms with Gasteiger partial charge in [0.15, 0.2) is 0 Å². The molecule has 0 aliphatic rings. The predicted octanol–water partition coefficient (Wildman–Crippen LogP) is 3.54. The molecule has 98 valence electrons. The van der Waals surface area contributed by atoms with Gasteiger partial charge in [0.2, 0.25) is 8.40 Å². The molecule has 0 bridgehead atoms. The van der Waals surface area contributed by atoms with Gasteiger partial charge in [0.25, 0.3) is 0 Å². The number of hydrogen-bond donors (Lipinski definition) is 0. The largest absolute Gasteiger partial charge is 0.312 e. The predicted molar refractivity (Wildman–Crippen MR) is 77.2 cm³/mol. The molecule has 0 spiro atoms. The molecule has 0 amide bonds. The average molecular weight is 244 g/mol. The molecule has 0 saturated carbocycles. The second-order valence-corrected chi connectivity index (χ2v) is 10.4. The Bertz CT molecular complexity index is 179. The topological polar surface area (TPSA) is 6.48 Å². The van der Waals surface area contributed by atoms with Gasteiger partial charge in [-0.15, -0.1) is 0 Å². The summed E-state index contributed by atoms with van der Waals surface area (Å²) in [6.45, 7) is 23.6. The molecular weight excluding hydrogens is 212 g/mol. The van der Waals surface area contributed by atoms with Crippen molar-refractivity contribution in [2.75, 3.05) is 26.2 Å². The van der Waals surface area contributed by atoms with Crippen LogP contribution in [0.15, 0.2) is 0 Å². The summed E-state index contributed by atoms with van der Waals surface area (Å²) < 4.78 is 5.44. The molecule has 0 fully saturated rings. The molecule has 3 heteroatoms. The minimum Gasteiger partial charge on any atom is -0.312 e. The molecule has 0 aromatic rings. The van der Waals surface area contributed by atoms with Crippen LogP contribution in [0, 0.1) is 0 Å². The van der Waals surface area contributed by atoms with Gasteiger partial charge < -0.3 is 9.13 Å². The molecule has 0 radical (unpaired) electrons. The highest BCUT2D eigenvalue weighted by atomic mass is 28.3. The van der Waals surface area contributed by atoms with Crippen LogP contribution in [0.3, 0.4) is 0 Å². The Hall–Kier alpha value is 0.137. The number of nitrogens with zero attached hydrogens (tertiary/aromatic N) is 2. The lowest BCUT2D eigenvalue weighted by molar-refractivity contribution is 0.325. The zero-order valence-electron chi connectivity index (χ0n) is 12.7. The molecule has 0 N–H and O–H groups in total. The second kappa shape index (κ2) is 6.17. The molecule has 16 heavy (non-hydrogen) atoms. The first-order valence-electron chi connectivity index (χ1n) is 6.79. The van der Waals surface area contributed by atoms with Crippen LogP contribution in [0.25, 0.3) is 0 Å². The van der Waals surface area contributed by atoms with Crippen LogP contribution in [0.1, 0.15) is 48.5 Å². The van der Waals surface area contributed by atoms with Gasteiger partial charge >= 0.3 is 0 Å². The first-order valence-corrected chi connectivity index (χ1v) is 9.18. The van der Waals surface area contributed by atoms with Gasteiger partial charge in [0.1, 0.15) is 0 Å². The Morgan fingerprint density at radius 1 is 0.750 bits per heavy atom. The standard InChI is InChI=1S/C13H32N2Si/c1-9-14(10-2)16(8,13(5,6)7)15(11-3)12-4/h9-12H2,1-8H3. The third-order valence-electron chi connectivity index (χ3n) is 4.18. The van der Waals surface area contributed by atoms with Crippen LogP contribution in [0.5, 0.6) is 0 Å². The second-order valence-electron chi connectivity index (χ2n) is 5.62. The summed E-state index contributed by atoms with van der Waals surface area (Å²) in [5.74, 6) is 0. The fourth-order valence-corrected chi connectivity index (χ4v) is 7.59. The van der Waals surface area contributed by atoms with Crippen LogP contribution in [0.2, 0.25) is 11.6 Å². The highest BCUT2D eigenvalue weighted by Gasteiger charge is 2.48. The summed E-state index contributed by atoms with van der Waals surface area (Å²) >= 11 is 0. The summed E-state index contributed by atoms with van der Waals surface area (Å²) in [5.41, 5.74) is 0. The molecule has 0 heterocycles. The highest BCUT2D eigenvalue weighted by molar-refractivity contribution is 6.76. The van der Waals surface area contributed by atoms with E-state index in [0.717, 1.165) is 0 Å². The SMILES string of the molecule is CCN(CC)[Si](C)(N(CC)CC)C(C)(C)C. The van der Waals surface area contributed by atoms with Crippen molar-refractivity contribution in [3.05, 3.63) is 0 Å². The molecule has 2 nitrogen and oxygen atoms in total. The Morgan fingerprint density at radius 2 is 1.00 bits per heavy atom. The van der Waals surface area contributed by atoms with Crippen molar-refractivity contribution in [2.45, 2.75) is 60.1 Å². The quantitative estimate of drug-likeness (QED) is 0.659. The van der Waals surface area contributed by atoms with E-state index < -0.39 is 8.40 Å². The maximum absolute atomic E-state index is 2.72. The third-order valence-corrected chi connectivity index (χ3v) is 10.7. The van der Waals surface area contributed by atoms with E-state index in [0.29, 0.717) is 5.04 Å². The van der Waals surface area contributed by atoms with Crippen LogP contribution in [0.4, 0.5) is 0 Å². The lowest BCUT2D eigenvalue weighted by Gasteiger charge is -2.53. The van der Waals surface area contributed by atoms with Crippen molar-refractivity contribution in [1.82, 2.24) is 9.13 Å². The zero-order valence-corrected chi connectivity index (χ0v) is 13.7. The van der Waals surface area contributed by atoms with Crippen molar-refractivity contribution < 1.29 is 0 Å². The van der Waals surface area contributed by atoms with Gasteiger partial charge in [-0.05, 0) is 37.8 Å². The first kappa shape index (κ1) is 16.1. The minimum atomic E-state index is -1.54. The Labute approximate surface area is 104 Å². The van der Waals surface area contributed by atoms with E-state index in [1.807, 2.05) is 0 Å². The molecule has 0 unspecified atom stereocenters.